The number of aromatic nitrogens is 4. The predicted molar refractivity (Wildman–Crippen MR) is 104 cm³/mol. The molecule has 130 valence electrons. The average Bonchev–Trinajstić information content (AvgIpc) is 3.08. The maximum atomic E-state index is 13.3. The van der Waals surface area contributed by atoms with Crippen molar-refractivity contribution in [3.63, 3.8) is 0 Å². The molecule has 0 N–H and O–H groups in total. The van der Waals surface area contributed by atoms with Gasteiger partial charge in [-0.3, -0.25) is 23.5 Å². The summed E-state index contributed by atoms with van der Waals surface area (Å²) in [6.07, 6.45) is 3.43. The van der Waals surface area contributed by atoms with Crippen molar-refractivity contribution in [1.82, 2.24) is 18.9 Å². The standard InChI is InChI=1S/C21H14N4O2/c1-13(26)17-10-9-14(12-22-17)25-20-19(23-18-8-4-5-11-24(18)20)15-6-2-3-7-16(15)21(25)27/h2-12H,1H3. The summed E-state index contributed by atoms with van der Waals surface area (Å²) in [6.45, 7) is 1.47. The highest BCUT2D eigenvalue weighted by Crippen LogP contribution is 2.25. The molecule has 0 amide bonds. The molecule has 4 heterocycles. The molecule has 5 rings (SSSR count). The van der Waals surface area contributed by atoms with Crippen LogP contribution in [0.15, 0.2) is 71.8 Å². The Bertz CT molecular complexity index is 1410. The second-order valence-electron chi connectivity index (χ2n) is 6.36. The molecular formula is C21H14N4O2. The maximum absolute atomic E-state index is 13.3. The second-order valence-corrected chi connectivity index (χ2v) is 6.36. The van der Waals surface area contributed by atoms with Crippen LogP contribution in [0.3, 0.4) is 0 Å². The number of ketones is 1. The van der Waals surface area contributed by atoms with Gasteiger partial charge in [-0.1, -0.05) is 24.3 Å². The van der Waals surface area contributed by atoms with Gasteiger partial charge in [0.15, 0.2) is 11.4 Å². The first kappa shape index (κ1) is 15.5. The zero-order chi connectivity index (χ0) is 18.5. The van der Waals surface area contributed by atoms with Crippen LogP contribution in [0.1, 0.15) is 17.4 Å². The molecule has 0 spiro atoms. The van der Waals surface area contributed by atoms with Crippen molar-refractivity contribution >= 4 is 33.4 Å². The van der Waals surface area contributed by atoms with Crippen LogP contribution in [0.25, 0.3) is 33.3 Å². The van der Waals surface area contributed by atoms with Crippen LogP contribution >= 0.6 is 0 Å². The van der Waals surface area contributed by atoms with Gasteiger partial charge in [0, 0.05) is 23.9 Å². The van der Waals surface area contributed by atoms with Gasteiger partial charge < -0.3 is 0 Å². The predicted octanol–water partition coefficient (Wildman–Crippen LogP) is 3.39. The van der Waals surface area contributed by atoms with Crippen molar-refractivity contribution in [2.24, 2.45) is 0 Å². The summed E-state index contributed by atoms with van der Waals surface area (Å²) in [5.74, 6) is -0.118. The number of imidazole rings is 1. The fourth-order valence-corrected chi connectivity index (χ4v) is 3.44. The number of nitrogens with zero attached hydrogens (tertiary/aromatic N) is 4. The minimum atomic E-state index is -0.152. The molecule has 0 aliphatic carbocycles. The number of carbonyl (C=O) groups excluding carboxylic acids is 1. The van der Waals surface area contributed by atoms with E-state index < -0.39 is 0 Å². The van der Waals surface area contributed by atoms with Gasteiger partial charge in [0.05, 0.1) is 11.9 Å². The molecule has 4 aromatic heterocycles. The molecule has 6 heteroatoms. The van der Waals surface area contributed by atoms with Gasteiger partial charge in [-0.15, -0.1) is 0 Å². The molecule has 0 aliphatic rings. The lowest BCUT2D eigenvalue weighted by Gasteiger charge is -2.11. The monoisotopic (exact) mass is 354 g/mol. The van der Waals surface area contributed by atoms with Crippen molar-refractivity contribution in [2.75, 3.05) is 0 Å². The van der Waals surface area contributed by atoms with E-state index >= 15 is 0 Å². The minimum absolute atomic E-state index is 0.118. The summed E-state index contributed by atoms with van der Waals surface area (Å²) in [6, 6.07) is 16.5. The molecule has 0 aliphatic heterocycles. The van der Waals surface area contributed by atoms with E-state index in [1.165, 1.54) is 6.92 Å². The average molecular weight is 354 g/mol. The summed E-state index contributed by atoms with van der Waals surface area (Å²) in [5, 5.41) is 1.40. The molecule has 0 unspecified atom stereocenters. The molecule has 27 heavy (non-hydrogen) atoms. The van der Waals surface area contributed by atoms with E-state index in [-0.39, 0.29) is 11.3 Å². The molecule has 0 saturated carbocycles. The van der Waals surface area contributed by atoms with Crippen LogP contribution in [0, 0.1) is 0 Å². The van der Waals surface area contributed by atoms with Crippen LogP contribution < -0.4 is 5.56 Å². The number of carbonyl (C=O) groups is 1. The number of rotatable bonds is 2. The van der Waals surface area contributed by atoms with E-state index in [0.29, 0.717) is 22.4 Å². The molecule has 0 atom stereocenters. The Balaban J connectivity index is 1.99. The third kappa shape index (κ3) is 2.20. The quantitative estimate of drug-likeness (QED) is 0.456. The summed E-state index contributed by atoms with van der Waals surface area (Å²) in [4.78, 5) is 33.8. The molecule has 6 nitrogen and oxygen atoms in total. The summed E-state index contributed by atoms with van der Waals surface area (Å²) in [5.41, 5.74) is 2.97. The fraction of sp³-hybridized carbons (Fsp3) is 0.0476. The van der Waals surface area contributed by atoms with Crippen LogP contribution in [-0.2, 0) is 0 Å². The molecule has 0 saturated heterocycles. The molecule has 0 fully saturated rings. The van der Waals surface area contributed by atoms with Gasteiger partial charge in [-0.2, -0.15) is 0 Å². The number of fused-ring (bicyclic) bond motifs is 5. The van der Waals surface area contributed by atoms with Crippen LogP contribution in [0.4, 0.5) is 0 Å². The highest BCUT2D eigenvalue weighted by Gasteiger charge is 2.17. The molecule has 5 aromatic rings. The zero-order valence-corrected chi connectivity index (χ0v) is 14.5. The van der Waals surface area contributed by atoms with Crippen molar-refractivity contribution in [2.45, 2.75) is 6.92 Å². The topological polar surface area (TPSA) is 69.3 Å². The van der Waals surface area contributed by atoms with Crippen LogP contribution in [0.2, 0.25) is 0 Å². The first-order chi connectivity index (χ1) is 13.1. The van der Waals surface area contributed by atoms with Crippen molar-refractivity contribution in [3.8, 4) is 5.69 Å². The first-order valence-corrected chi connectivity index (χ1v) is 8.53. The summed E-state index contributed by atoms with van der Waals surface area (Å²) >= 11 is 0. The normalized spacial score (nSPS) is 11.4. The highest BCUT2D eigenvalue weighted by atomic mass is 16.1. The highest BCUT2D eigenvalue weighted by molar-refractivity contribution is 6.04. The third-order valence-corrected chi connectivity index (χ3v) is 4.70. The Kier molecular flexibility index (Phi) is 3.21. The Morgan fingerprint density at radius 3 is 2.48 bits per heavy atom. The lowest BCUT2D eigenvalue weighted by molar-refractivity contribution is 0.101. The Morgan fingerprint density at radius 1 is 0.963 bits per heavy atom. The van der Waals surface area contributed by atoms with Gasteiger partial charge in [0.25, 0.3) is 5.56 Å². The molecule has 0 bridgehead atoms. The van der Waals surface area contributed by atoms with Crippen LogP contribution in [0.5, 0.6) is 0 Å². The van der Waals surface area contributed by atoms with Gasteiger partial charge in [0.1, 0.15) is 16.9 Å². The number of benzene rings is 1. The third-order valence-electron chi connectivity index (χ3n) is 4.70. The maximum Gasteiger partial charge on any atom is 0.264 e. The first-order valence-electron chi connectivity index (χ1n) is 8.53. The van der Waals surface area contributed by atoms with Crippen molar-refractivity contribution < 1.29 is 4.79 Å². The minimum Gasteiger partial charge on any atom is -0.293 e. The second kappa shape index (κ2) is 5.60. The molecule has 0 radical (unpaired) electrons. The fourth-order valence-electron chi connectivity index (χ4n) is 3.44. The largest absolute Gasteiger partial charge is 0.293 e. The van der Waals surface area contributed by atoms with Crippen LogP contribution in [-0.4, -0.2) is 24.7 Å². The Morgan fingerprint density at radius 2 is 1.74 bits per heavy atom. The van der Waals surface area contributed by atoms with E-state index in [2.05, 4.69) is 4.98 Å². The zero-order valence-electron chi connectivity index (χ0n) is 14.5. The Hall–Kier alpha value is -3.80. The summed E-state index contributed by atoms with van der Waals surface area (Å²) in [7, 11) is 0. The lowest BCUT2D eigenvalue weighted by Crippen LogP contribution is -2.20. The van der Waals surface area contributed by atoms with E-state index in [1.54, 1.807) is 29.0 Å². The number of hydrogen-bond donors (Lipinski definition) is 0. The number of hydrogen-bond acceptors (Lipinski definition) is 4. The van der Waals surface area contributed by atoms with E-state index in [1.807, 2.05) is 47.0 Å². The lowest BCUT2D eigenvalue weighted by atomic mass is 10.1. The van der Waals surface area contributed by atoms with Crippen molar-refractivity contribution in [1.29, 1.82) is 0 Å². The van der Waals surface area contributed by atoms with E-state index in [0.717, 1.165) is 16.6 Å². The van der Waals surface area contributed by atoms with Crippen molar-refractivity contribution in [3.05, 3.63) is 83.0 Å². The SMILES string of the molecule is CC(=O)c1ccc(-n2c(=O)c3ccccc3c3nc4ccccn4c32)cn1. The van der Waals surface area contributed by atoms with E-state index in [4.69, 9.17) is 4.98 Å². The molecular weight excluding hydrogens is 340 g/mol. The number of pyridine rings is 3. The van der Waals surface area contributed by atoms with Gasteiger partial charge >= 0.3 is 0 Å². The van der Waals surface area contributed by atoms with Gasteiger partial charge in [-0.25, -0.2) is 4.98 Å². The van der Waals surface area contributed by atoms with Gasteiger partial charge in [-0.05, 0) is 30.3 Å². The molecule has 1 aromatic carbocycles. The van der Waals surface area contributed by atoms with Gasteiger partial charge in [0.2, 0.25) is 0 Å². The number of Topliss-reactive ketones (excluding diaryl/α,β-unsaturated/α-hetero) is 1. The summed E-state index contributed by atoms with van der Waals surface area (Å²) < 4.78 is 3.50. The Labute approximate surface area is 153 Å². The smallest absolute Gasteiger partial charge is 0.264 e. The van der Waals surface area contributed by atoms with E-state index in [9.17, 15) is 9.59 Å².